The molecule has 0 saturated heterocycles. The molecule has 1 atom stereocenters. The molecule has 17 heavy (non-hydrogen) atoms. The fourth-order valence-electron chi connectivity index (χ4n) is 1.68. The third-order valence-electron chi connectivity index (χ3n) is 2.35. The van der Waals surface area contributed by atoms with E-state index in [0.717, 1.165) is 12.5 Å². The molecule has 0 saturated carbocycles. The molecule has 0 bridgehead atoms. The summed E-state index contributed by atoms with van der Waals surface area (Å²) in [5, 5.41) is 0. The van der Waals surface area contributed by atoms with Gasteiger partial charge in [-0.25, -0.2) is 9.18 Å². The molecule has 0 amide bonds. The van der Waals surface area contributed by atoms with Crippen LogP contribution in [0.3, 0.4) is 0 Å². The molecular weight excluding hydrogens is 221 g/mol. The summed E-state index contributed by atoms with van der Waals surface area (Å²) in [6, 6.07) is 3.65. The van der Waals surface area contributed by atoms with Gasteiger partial charge in [0.25, 0.3) is 0 Å². The number of hydrogen-bond acceptors (Lipinski definition) is 3. The van der Waals surface area contributed by atoms with E-state index in [1.807, 2.05) is 6.92 Å². The fraction of sp³-hybridized carbons (Fsp3) is 0.462. The number of benzene rings is 1. The Balaban J connectivity index is 2.70. The van der Waals surface area contributed by atoms with Crippen molar-refractivity contribution in [2.75, 3.05) is 5.73 Å². The van der Waals surface area contributed by atoms with E-state index in [0.29, 0.717) is 5.92 Å². The lowest BCUT2D eigenvalue weighted by molar-refractivity contribution is 0.0301. The molecule has 0 aliphatic rings. The highest BCUT2D eigenvalue weighted by Crippen LogP contribution is 2.17. The van der Waals surface area contributed by atoms with E-state index in [4.69, 9.17) is 10.5 Å². The smallest absolute Gasteiger partial charge is 0.340 e. The summed E-state index contributed by atoms with van der Waals surface area (Å²) in [6.07, 6.45) is 0.610. The van der Waals surface area contributed by atoms with Crippen LogP contribution in [0.15, 0.2) is 18.2 Å². The maximum atomic E-state index is 12.8. The van der Waals surface area contributed by atoms with Gasteiger partial charge in [-0.15, -0.1) is 0 Å². The number of nitrogen functional groups attached to an aromatic ring is 1. The van der Waals surface area contributed by atoms with Gasteiger partial charge >= 0.3 is 5.97 Å². The molecule has 1 unspecified atom stereocenters. The van der Waals surface area contributed by atoms with Crippen molar-refractivity contribution >= 4 is 11.7 Å². The van der Waals surface area contributed by atoms with Crippen LogP contribution >= 0.6 is 0 Å². The largest absolute Gasteiger partial charge is 0.459 e. The standard InChI is InChI=1S/C13H18FNO2/c1-8(2)6-9(3)17-13(16)11-5-4-10(14)7-12(11)15/h4-5,7-9H,6,15H2,1-3H3. The van der Waals surface area contributed by atoms with Crippen molar-refractivity contribution in [1.82, 2.24) is 0 Å². The number of anilines is 1. The lowest BCUT2D eigenvalue weighted by atomic mass is 10.1. The molecule has 0 radical (unpaired) electrons. The molecule has 94 valence electrons. The molecule has 2 N–H and O–H groups in total. The van der Waals surface area contributed by atoms with Crippen molar-refractivity contribution in [3.05, 3.63) is 29.6 Å². The van der Waals surface area contributed by atoms with E-state index in [1.165, 1.54) is 12.1 Å². The predicted octanol–water partition coefficient (Wildman–Crippen LogP) is 3.00. The Morgan fingerprint density at radius 3 is 2.59 bits per heavy atom. The Morgan fingerprint density at radius 1 is 1.41 bits per heavy atom. The molecule has 1 rings (SSSR count). The Labute approximate surface area is 101 Å². The predicted molar refractivity (Wildman–Crippen MR) is 65.1 cm³/mol. The van der Waals surface area contributed by atoms with Crippen LogP contribution in [0.1, 0.15) is 37.6 Å². The maximum absolute atomic E-state index is 12.8. The van der Waals surface area contributed by atoms with Crippen LogP contribution in [0.4, 0.5) is 10.1 Å². The van der Waals surface area contributed by atoms with Gasteiger partial charge in [0, 0.05) is 5.69 Å². The van der Waals surface area contributed by atoms with Crippen molar-refractivity contribution < 1.29 is 13.9 Å². The molecule has 1 aromatic carbocycles. The fourth-order valence-corrected chi connectivity index (χ4v) is 1.68. The summed E-state index contributed by atoms with van der Waals surface area (Å²) >= 11 is 0. The molecule has 0 aliphatic heterocycles. The number of carbonyl (C=O) groups is 1. The Kier molecular flexibility index (Phi) is 4.49. The highest BCUT2D eigenvalue weighted by molar-refractivity contribution is 5.95. The SMILES string of the molecule is CC(C)CC(C)OC(=O)c1ccc(F)cc1N. The van der Waals surface area contributed by atoms with Crippen LogP contribution in [0.25, 0.3) is 0 Å². The van der Waals surface area contributed by atoms with Gasteiger partial charge in [0.15, 0.2) is 0 Å². The van der Waals surface area contributed by atoms with Gasteiger partial charge in [0.05, 0.1) is 11.7 Å². The molecular formula is C13H18FNO2. The van der Waals surface area contributed by atoms with Crippen molar-refractivity contribution in [2.24, 2.45) is 5.92 Å². The van der Waals surface area contributed by atoms with Crippen LogP contribution in [0, 0.1) is 11.7 Å². The van der Waals surface area contributed by atoms with Gasteiger partial charge in [-0.3, -0.25) is 0 Å². The first-order valence-electron chi connectivity index (χ1n) is 5.66. The lowest BCUT2D eigenvalue weighted by Gasteiger charge is -2.15. The second kappa shape index (κ2) is 5.66. The van der Waals surface area contributed by atoms with Crippen LogP contribution in [-0.2, 0) is 4.74 Å². The number of nitrogens with two attached hydrogens (primary N) is 1. The average molecular weight is 239 g/mol. The zero-order valence-corrected chi connectivity index (χ0v) is 10.4. The van der Waals surface area contributed by atoms with Crippen molar-refractivity contribution in [3.8, 4) is 0 Å². The molecule has 0 fully saturated rings. The summed E-state index contributed by atoms with van der Waals surface area (Å²) in [6.45, 7) is 5.94. The number of carbonyl (C=O) groups excluding carboxylic acids is 1. The van der Waals surface area contributed by atoms with E-state index in [2.05, 4.69) is 13.8 Å². The van der Waals surface area contributed by atoms with Gasteiger partial charge in [-0.2, -0.15) is 0 Å². The minimum Gasteiger partial charge on any atom is -0.459 e. The third kappa shape index (κ3) is 4.06. The minimum atomic E-state index is -0.504. The van der Waals surface area contributed by atoms with E-state index in [9.17, 15) is 9.18 Å². The molecule has 4 heteroatoms. The van der Waals surface area contributed by atoms with Crippen LogP contribution in [0.5, 0.6) is 0 Å². The van der Waals surface area contributed by atoms with E-state index < -0.39 is 11.8 Å². The maximum Gasteiger partial charge on any atom is 0.340 e. The van der Waals surface area contributed by atoms with E-state index in [-0.39, 0.29) is 17.4 Å². The van der Waals surface area contributed by atoms with Crippen molar-refractivity contribution in [1.29, 1.82) is 0 Å². The summed E-state index contributed by atoms with van der Waals surface area (Å²) < 4.78 is 18.0. The number of ether oxygens (including phenoxy) is 1. The van der Waals surface area contributed by atoms with Gasteiger partial charge in [-0.1, -0.05) is 13.8 Å². The van der Waals surface area contributed by atoms with Crippen LogP contribution < -0.4 is 5.73 Å². The number of halogens is 1. The van der Waals surface area contributed by atoms with Gasteiger partial charge in [0.1, 0.15) is 5.82 Å². The van der Waals surface area contributed by atoms with Crippen LogP contribution in [-0.4, -0.2) is 12.1 Å². The monoisotopic (exact) mass is 239 g/mol. The first kappa shape index (κ1) is 13.5. The zero-order valence-electron chi connectivity index (χ0n) is 10.4. The zero-order chi connectivity index (χ0) is 13.0. The average Bonchev–Trinajstić information content (AvgIpc) is 2.15. The van der Waals surface area contributed by atoms with Gasteiger partial charge in [0.2, 0.25) is 0 Å². The topological polar surface area (TPSA) is 52.3 Å². The third-order valence-corrected chi connectivity index (χ3v) is 2.35. The summed E-state index contributed by atoms with van der Waals surface area (Å²) in [5.41, 5.74) is 5.87. The summed E-state index contributed by atoms with van der Waals surface area (Å²) in [4.78, 5) is 11.7. The molecule has 0 aliphatic carbocycles. The number of rotatable bonds is 4. The molecule has 0 spiro atoms. The Bertz CT molecular complexity index is 404. The molecule has 0 heterocycles. The summed E-state index contributed by atoms with van der Waals surface area (Å²) in [7, 11) is 0. The molecule has 1 aromatic rings. The molecule has 0 aromatic heterocycles. The Hall–Kier alpha value is -1.58. The highest BCUT2D eigenvalue weighted by Gasteiger charge is 2.15. The Morgan fingerprint density at radius 2 is 2.06 bits per heavy atom. The van der Waals surface area contributed by atoms with E-state index in [1.54, 1.807) is 0 Å². The normalized spacial score (nSPS) is 12.5. The first-order chi connectivity index (χ1) is 7.90. The quantitative estimate of drug-likeness (QED) is 0.649. The van der Waals surface area contributed by atoms with Crippen molar-refractivity contribution in [2.45, 2.75) is 33.3 Å². The molecule has 3 nitrogen and oxygen atoms in total. The summed E-state index contributed by atoms with van der Waals surface area (Å²) in [5.74, 6) is -0.520. The van der Waals surface area contributed by atoms with Gasteiger partial charge in [-0.05, 0) is 37.5 Å². The van der Waals surface area contributed by atoms with E-state index >= 15 is 0 Å². The second-order valence-corrected chi connectivity index (χ2v) is 4.58. The van der Waals surface area contributed by atoms with Gasteiger partial charge < -0.3 is 10.5 Å². The number of hydrogen-bond donors (Lipinski definition) is 1. The van der Waals surface area contributed by atoms with Crippen molar-refractivity contribution in [3.63, 3.8) is 0 Å². The number of esters is 1. The first-order valence-corrected chi connectivity index (χ1v) is 5.66. The lowest BCUT2D eigenvalue weighted by Crippen LogP contribution is -2.18. The minimum absolute atomic E-state index is 0.103. The highest BCUT2D eigenvalue weighted by atomic mass is 19.1. The van der Waals surface area contributed by atoms with Crippen LogP contribution in [0.2, 0.25) is 0 Å². The second-order valence-electron chi connectivity index (χ2n) is 4.58.